The van der Waals surface area contributed by atoms with E-state index in [4.69, 9.17) is 5.73 Å². The number of rotatable bonds is 2. The van der Waals surface area contributed by atoms with Crippen molar-refractivity contribution in [2.24, 2.45) is 0 Å². The fourth-order valence-electron chi connectivity index (χ4n) is 2.79. The third-order valence-electron chi connectivity index (χ3n) is 3.93. The summed E-state index contributed by atoms with van der Waals surface area (Å²) in [6.07, 6.45) is 0. The highest BCUT2D eigenvalue weighted by Gasteiger charge is 2.15. The second-order valence-corrected chi connectivity index (χ2v) is 5.52. The summed E-state index contributed by atoms with van der Waals surface area (Å²) < 4.78 is 2.96. The molecule has 0 spiro atoms. The maximum Gasteiger partial charge on any atom is 0.351 e. The van der Waals surface area contributed by atoms with Crippen molar-refractivity contribution in [3.05, 3.63) is 70.1 Å². The van der Waals surface area contributed by atoms with Crippen LogP contribution < -0.4 is 11.4 Å². The van der Waals surface area contributed by atoms with Gasteiger partial charge >= 0.3 is 5.69 Å². The van der Waals surface area contributed by atoms with Crippen molar-refractivity contribution >= 4 is 22.5 Å². The van der Waals surface area contributed by atoms with Gasteiger partial charge in [-0.15, -0.1) is 5.10 Å². The van der Waals surface area contributed by atoms with Crippen LogP contribution in [0.5, 0.6) is 0 Å². The Morgan fingerprint density at radius 1 is 1.09 bits per heavy atom. The number of aromatic nitrogens is 4. The first-order valence-electron chi connectivity index (χ1n) is 7.33. The molecule has 0 saturated carbocycles. The van der Waals surface area contributed by atoms with Gasteiger partial charge in [0.2, 0.25) is 5.65 Å². The van der Waals surface area contributed by atoms with Crippen LogP contribution in [-0.4, -0.2) is 19.2 Å². The van der Waals surface area contributed by atoms with E-state index in [2.05, 4.69) is 10.1 Å². The molecule has 23 heavy (non-hydrogen) atoms. The predicted octanol–water partition coefficient (Wildman–Crippen LogP) is 1.98. The van der Waals surface area contributed by atoms with Gasteiger partial charge in [0.1, 0.15) is 0 Å². The molecule has 4 rings (SSSR count). The van der Waals surface area contributed by atoms with E-state index >= 15 is 0 Å². The summed E-state index contributed by atoms with van der Waals surface area (Å²) >= 11 is 0. The molecule has 2 aromatic heterocycles. The van der Waals surface area contributed by atoms with Crippen LogP contribution in [0.4, 0.5) is 5.82 Å². The summed E-state index contributed by atoms with van der Waals surface area (Å²) in [6.45, 7) is 2.34. The number of nitrogens with zero attached hydrogens (tertiary/aromatic N) is 4. The van der Waals surface area contributed by atoms with E-state index in [0.29, 0.717) is 12.2 Å². The summed E-state index contributed by atoms with van der Waals surface area (Å²) in [5, 5.41) is 4.37. The smallest absolute Gasteiger partial charge is 0.351 e. The van der Waals surface area contributed by atoms with Crippen molar-refractivity contribution in [1.29, 1.82) is 0 Å². The van der Waals surface area contributed by atoms with Gasteiger partial charge in [-0.3, -0.25) is 0 Å². The number of nitrogen functional groups attached to an aromatic ring is 1. The van der Waals surface area contributed by atoms with E-state index in [-0.39, 0.29) is 11.5 Å². The number of hydrogen-bond donors (Lipinski definition) is 1. The summed E-state index contributed by atoms with van der Waals surface area (Å²) in [7, 11) is 0. The van der Waals surface area contributed by atoms with Crippen LogP contribution >= 0.6 is 0 Å². The maximum absolute atomic E-state index is 12.8. The van der Waals surface area contributed by atoms with Crippen LogP contribution in [0.3, 0.4) is 0 Å². The number of fused-ring (bicyclic) bond motifs is 3. The van der Waals surface area contributed by atoms with Crippen molar-refractivity contribution in [3.8, 4) is 0 Å². The largest absolute Gasteiger partial charge is 0.381 e. The average molecular weight is 305 g/mol. The van der Waals surface area contributed by atoms with Crippen molar-refractivity contribution in [1.82, 2.24) is 19.2 Å². The monoisotopic (exact) mass is 305 g/mol. The SMILES string of the molecule is Cc1cccc2c1nc(N)c1nn(Cc3ccccc3)c(=O)n12. The third kappa shape index (κ3) is 2.07. The quantitative estimate of drug-likeness (QED) is 0.614. The number of hydrogen-bond acceptors (Lipinski definition) is 4. The molecule has 0 unspecified atom stereocenters. The van der Waals surface area contributed by atoms with Gasteiger partial charge < -0.3 is 5.73 Å². The van der Waals surface area contributed by atoms with Gasteiger partial charge in [-0.2, -0.15) is 0 Å². The molecule has 0 saturated heterocycles. The Morgan fingerprint density at radius 3 is 2.65 bits per heavy atom. The Bertz CT molecular complexity index is 1080. The molecule has 0 radical (unpaired) electrons. The molecule has 0 aliphatic carbocycles. The van der Waals surface area contributed by atoms with Gasteiger partial charge in [0.25, 0.3) is 0 Å². The van der Waals surface area contributed by atoms with Crippen molar-refractivity contribution in [2.75, 3.05) is 5.73 Å². The van der Waals surface area contributed by atoms with Crippen LogP contribution in [0.2, 0.25) is 0 Å². The summed E-state index contributed by atoms with van der Waals surface area (Å²) in [4.78, 5) is 17.2. The zero-order chi connectivity index (χ0) is 16.0. The highest BCUT2D eigenvalue weighted by Crippen LogP contribution is 2.19. The molecule has 0 amide bonds. The van der Waals surface area contributed by atoms with Gasteiger partial charge in [0.05, 0.1) is 17.6 Å². The minimum absolute atomic E-state index is 0.214. The molecule has 0 bridgehead atoms. The predicted molar refractivity (Wildman–Crippen MR) is 89.4 cm³/mol. The highest BCUT2D eigenvalue weighted by molar-refractivity contribution is 5.84. The molecule has 0 atom stereocenters. The lowest BCUT2D eigenvalue weighted by Crippen LogP contribution is -2.22. The van der Waals surface area contributed by atoms with Gasteiger partial charge in [0, 0.05) is 0 Å². The number of nitrogens with two attached hydrogens (primary N) is 1. The van der Waals surface area contributed by atoms with Crippen LogP contribution in [0, 0.1) is 6.92 Å². The third-order valence-corrected chi connectivity index (χ3v) is 3.93. The fraction of sp³-hybridized carbons (Fsp3) is 0.118. The molecule has 6 nitrogen and oxygen atoms in total. The summed E-state index contributed by atoms with van der Waals surface area (Å²) in [5.41, 5.74) is 9.62. The molecule has 0 aliphatic rings. The zero-order valence-electron chi connectivity index (χ0n) is 12.6. The van der Waals surface area contributed by atoms with Gasteiger partial charge in [0.15, 0.2) is 5.82 Å². The molecule has 2 N–H and O–H groups in total. The van der Waals surface area contributed by atoms with Crippen LogP contribution in [0.1, 0.15) is 11.1 Å². The van der Waals surface area contributed by atoms with Gasteiger partial charge in [-0.05, 0) is 24.1 Å². The maximum atomic E-state index is 12.8. The standard InChI is InChI=1S/C17H15N5O/c1-11-6-5-9-13-14(11)19-15(18)16-20-21(17(23)22(13)16)10-12-7-3-2-4-8-12/h2-9H,10H2,1H3,(H2,18,19). The Balaban J connectivity index is 2.01. The molecule has 2 heterocycles. The topological polar surface area (TPSA) is 78.2 Å². The normalized spacial score (nSPS) is 11.3. The second kappa shape index (κ2) is 4.95. The zero-order valence-corrected chi connectivity index (χ0v) is 12.6. The Labute approximate surface area is 131 Å². The Morgan fingerprint density at radius 2 is 1.87 bits per heavy atom. The Kier molecular flexibility index (Phi) is 2.90. The molecule has 114 valence electrons. The molecular formula is C17H15N5O. The lowest BCUT2D eigenvalue weighted by molar-refractivity contribution is 0.660. The molecule has 0 aliphatic heterocycles. The van der Waals surface area contributed by atoms with Crippen LogP contribution in [0.25, 0.3) is 16.7 Å². The van der Waals surface area contributed by atoms with Gasteiger partial charge in [-0.25, -0.2) is 18.9 Å². The van der Waals surface area contributed by atoms with Crippen LogP contribution in [0.15, 0.2) is 53.3 Å². The average Bonchev–Trinajstić information content (AvgIpc) is 2.88. The van der Waals surface area contributed by atoms with E-state index in [0.717, 1.165) is 22.2 Å². The first kappa shape index (κ1) is 13.5. The molecule has 6 heteroatoms. The van der Waals surface area contributed by atoms with E-state index < -0.39 is 0 Å². The summed E-state index contributed by atoms with van der Waals surface area (Å²) in [6, 6.07) is 15.4. The highest BCUT2D eigenvalue weighted by atomic mass is 16.2. The molecule has 0 fully saturated rings. The first-order chi connectivity index (χ1) is 11.1. The lowest BCUT2D eigenvalue weighted by atomic mass is 10.2. The number of aryl methyl sites for hydroxylation is 1. The minimum Gasteiger partial charge on any atom is -0.381 e. The van der Waals surface area contributed by atoms with Crippen molar-refractivity contribution in [2.45, 2.75) is 13.5 Å². The van der Waals surface area contributed by atoms with E-state index in [1.54, 1.807) is 0 Å². The van der Waals surface area contributed by atoms with Crippen LogP contribution in [-0.2, 0) is 6.54 Å². The van der Waals surface area contributed by atoms with E-state index in [1.165, 1.54) is 9.08 Å². The first-order valence-corrected chi connectivity index (χ1v) is 7.33. The van der Waals surface area contributed by atoms with Crippen molar-refractivity contribution in [3.63, 3.8) is 0 Å². The number of benzene rings is 2. The second-order valence-electron chi connectivity index (χ2n) is 5.52. The van der Waals surface area contributed by atoms with Gasteiger partial charge in [-0.1, -0.05) is 42.5 Å². The van der Waals surface area contributed by atoms with Crippen molar-refractivity contribution < 1.29 is 0 Å². The minimum atomic E-state index is -0.214. The lowest BCUT2D eigenvalue weighted by Gasteiger charge is -2.04. The van der Waals surface area contributed by atoms with E-state index in [9.17, 15) is 4.79 Å². The molecule has 2 aromatic carbocycles. The van der Waals surface area contributed by atoms with E-state index in [1.807, 2.05) is 55.5 Å². The molecular weight excluding hydrogens is 290 g/mol. The Hall–Kier alpha value is -3.15. The molecule has 4 aromatic rings. The fourth-order valence-corrected chi connectivity index (χ4v) is 2.79. The number of para-hydroxylation sites is 1. The number of anilines is 1. The summed E-state index contributed by atoms with van der Waals surface area (Å²) in [5.74, 6) is 0.260.